The van der Waals surface area contributed by atoms with Crippen LogP contribution in [0.2, 0.25) is 5.15 Å². The Labute approximate surface area is 204 Å². The van der Waals surface area contributed by atoms with Gasteiger partial charge in [-0.15, -0.1) is 0 Å². The number of thioether (sulfide) groups is 1. The van der Waals surface area contributed by atoms with Gasteiger partial charge in [0, 0.05) is 64.3 Å². The van der Waals surface area contributed by atoms with Crippen LogP contribution in [0.4, 0.5) is 5.82 Å². The molecule has 2 aliphatic heterocycles. The number of halogens is 1. The summed E-state index contributed by atoms with van der Waals surface area (Å²) in [5, 5.41) is 3.80. The minimum Gasteiger partial charge on any atom is -0.379 e. The number of ether oxygens (including phenoxy) is 1. The number of anilines is 1. The van der Waals surface area contributed by atoms with Crippen molar-refractivity contribution in [1.82, 2.24) is 25.1 Å². The predicted octanol–water partition coefficient (Wildman–Crippen LogP) is 1.51. The maximum absolute atomic E-state index is 12.7. The molecular weight excluding hydrogens is 464 g/mol. The van der Waals surface area contributed by atoms with E-state index in [1.54, 1.807) is 6.07 Å². The molecule has 182 valence electrons. The number of carbonyl (C=O) groups excluding carboxylic acids is 2. The first-order valence-electron chi connectivity index (χ1n) is 11.9. The van der Waals surface area contributed by atoms with Gasteiger partial charge in [-0.05, 0) is 12.8 Å². The summed E-state index contributed by atoms with van der Waals surface area (Å²) in [5.41, 5.74) is 0. The van der Waals surface area contributed by atoms with Gasteiger partial charge in [-0.25, -0.2) is 9.97 Å². The molecule has 1 N–H and O–H groups in total. The SMILES string of the molecule is O=C(CSc1nc(Cl)cc(N2CCN(C(=O)C3CCCC3)CC2)n1)NCCN1CCOCC1. The molecule has 1 saturated carbocycles. The van der Waals surface area contributed by atoms with Crippen molar-refractivity contribution in [2.24, 2.45) is 5.92 Å². The molecule has 2 saturated heterocycles. The molecule has 3 heterocycles. The van der Waals surface area contributed by atoms with Gasteiger partial charge >= 0.3 is 0 Å². The van der Waals surface area contributed by atoms with Crippen LogP contribution >= 0.6 is 23.4 Å². The van der Waals surface area contributed by atoms with Gasteiger partial charge < -0.3 is 19.9 Å². The Hall–Kier alpha value is -1.62. The molecule has 1 aromatic rings. The first-order chi connectivity index (χ1) is 16.1. The molecule has 2 amide bonds. The molecule has 0 unspecified atom stereocenters. The third kappa shape index (κ3) is 7.18. The maximum atomic E-state index is 12.7. The van der Waals surface area contributed by atoms with Crippen molar-refractivity contribution in [1.29, 1.82) is 0 Å². The van der Waals surface area contributed by atoms with Crippen LogP contribution in [0.3, 0.4) is 0 Å². The number of aromatic nitrogens is 2. The topological polar surface area (TPSA) is 90.9 Å². The van der Waals surface area contributed by atoms with Crippen LogP contribution in [0.25, 0.3) is 0 Å². The highest BCUT2D eigenvalue weighted by Gasteiger charge is 2.29. The number of amides is 2. The van der Waals surface area contributed by atoms with Crippen molar-refractivity contribution < 1.29 is 14.3 Å². The molecule has 9 nitrogen and oxygen atoms in total. The summed E-state index contributed by atoms with van der Waals surface area (Å²) in [6.07, 6.45) is 4.40. The zero-order chi connectivity index (χ0) is 23.0. The van der Waals surface area contributed by atoms with Gasteiger partial charge in [-0.3, -0.25) is 14.5 Å². The molecule has 1 aromatic heterocycles. The van der Waals surface area contributed by atoms with Crippen molar-refractivity contribution in [3.63, 3.8) is 0 Å². The van der Waals surface area contributed by atoms with Crippen LogP contribution in [0, 0.1) is 5.92 Å². The second-order valence-electron chi connectivity index (χ2n) is 8.72. The summed E-state index contributed by atoms with van der Waals surface area (Å²) in [6, 6.07) is 1.75. The molecule has 3 aliphatic rings. The quantitative estimate of drug-likeness (QED) is 0.329. The van der Waals surface area contributed by atoms with E-state index in [1.807, 2.05) is 4.90 Å². The Morgan fingerprint density at radius 3 is 2.55 bits per heavy atom. The van der Waals surface area contributed by atoms with Crippen LogP contribution in [-0.4, -0.2) is 103 Å². The Kier molecular flexibility index (Phi) is 9.05. The van der Waals surface area contributed by atoms with Gasteiger partial charge in [-0.1, -0.05) is 36.2 Å². The number of nitrogens with one attached hydrogen (secondary N) is 1. The molecule has 3 fully saturated rings. The Morgan fingerprint density at radius 1 is 1.09 bits per heavy atom. The number of carbonyl (C=O) groups is 2. The van der Waals surface area contributed by atoms with Crippen molar-refractivity contribution in [2.75, 3.05) is 76.2 Å². The highest BCUT2D eigenvalue weighted by Crippen LogP contribution is 2.28. The maximum Gasteiger partial charge on any atom is 0.230 e. The molecule has 0 bridgehead atoms. The van der Waals surface area contributed by atoms with Crippen molar-refractivity contribution >= 4 is 41.0 Å². The van der Waals surface area contributed by atoms with Crippen molar-refractivity contribution in [3.8, 4) is 0 Å². The molecule has 1 aliphatic carbocycles. The summed E-state index contributed by atoms with van der Waals surface area (Å²) >= 11 is 7.53. The summed E-state index contributed by atoms with van der Waals surface area (Å²) < 4.78 is 5.34. The second-order valence-corrected chi connectivity index (χ2v) is 10.0. The zero-order valence-corrected chi connectivity index (χ0v) is 20.6. The fourth-order valence-electron chi connectivity index (χ4n) is 4.56. The second kappa shape index (κ2) is 12.2. The minimum absolute atomic E-state index is 0.0441. The van der Waals surface area contributed by atoms with Crippen molar-refractivity contribution in [2.45, 2.75) is 30.8 Å². The van der Waals surface area contributed by atoms with E-state index in [-0.39, 0.29) is 17.6 Å². The van der Waals surface area contributed by atoms with E-state index < -0.39 is 0 Å². The van der Waals surface area contributed by atoms with Gasteiger partial charge in [0.15, 0.2) is 5.16 Å². The summed E-state index contributed by atoms with van der Waals surface area (Å²) in [6.45, 7) is 7.61. The lowest BCUT2D eigenvalue weighted by atomic mass is 10.1. The van der Waals surface area contributed by atoms with E-state index in [0.29, 0.717) is 35.9 Å². The third-order valence-corrected chi connectivity index (χ3v) is 7.51. The van der Waals surface area contributed by atoms with Crippen LogP contribution in [-0.2, 0) is 14.3 Å². The molecule has 33 heavy (non-hydrogen) atoms. The number of hydrogen-bond acceptors (Lipinski definition) is 8. The fraction of sp³-hybridized carbons (Fsp3) is 0.727. The summed E-state index contributed by atoms with van der Waals surface area (Å²) in [5.74, 6) is 1.47. The van der Waals surface area contributed by atoms with E-state index in [4.69, 9.17) is 16.3 Å². The average molecular weight is 497 g/mol. The average Bonchev–Trinajstić information content (AvgIpc) is 3.38. The van der Waals surface area contributed by atoms with Crippen LogP contribution in [0.5, 0.6) is 0 Å². The lowest BCUT2D eigenvalue weighted by Gasteiger charge is -2.36. The normalized spacial score (nSPS) is 20.3. The molecule has 0 aromatic carbocycles. The Bertz CT molecular complexity index is 811. The first kappa shape index (κ1) is 24.5. The highest BCUT2D eigenvalue weighted by atomic mass is 35.5. The molecular formula is C22H33ClN6O3S. The number of morpholine rings is 1. The largest absolute Gasteiger partial charge is 0.379 e. The van der Waals surface area contributed by atoms with Crippen LogP contribution < -0.4 is 10.2 Å². The molecule has 4 rings (SSSR count). The third-order valence-electron chi connectivity index (χ3n) is 6.47. The summed E-state index contributed by atoms with van der Waals surface area (Å²) in [4.78, 5) is 40.2. The van der Waals surface area contributed by atoms with E-state index in [2.05, 4.69) is 25.1 Å². The van der Waals surface area contributed by atoms with E-state index in [1.165, 1.54) is 24.6 Å². The molecule has 0 radical (unpaired) electrons. The first-order valence-corrected chi connectivity index (χ1v) is 13.2. The lowest BCUT2D eigenvalue weighted by molar-refractivity contribution is -0.135. The molecule has 0 spiro atoms. The molecule has 11 heteroatoms. The van der Waals surface area contributed by atoms with Gasteiger partial charge in [0.1, 0.15) is 11.0 Å². The van der Waals surface area contributed by atoms with Gasteiger partial charge in [0.25, 0.3) is 0 Å². The van der Waals surface area contributed by atoms with E-state index in [9.17, 15) is 9.59 Å². The number of hydrogen-bond donors (Lipinski definition) is 1. The molecule has 0 atom stereocenters. The summed E-state index contributed by atoms with van der Waals surface area (Å²) in [7, 11) is 0. The predicted molar refractivity (Wildman–Crippen MR) is 129 cm³/mol. The zero-order valence-electron chi connectivity index (χ0n) is 19.0. The van der Waals surface area contributed by atoms with E-state index >= 15 is 0 Å². The smallest absolute Gasteiger partial charge is 0.230 e. The number of piperazine rings is 1. The Morgan fingerprint density at radius 2 is 1.82 bits per heavy atom. The monoisotopic (exact) mass is 496 g/mol. The van der Waals surface area contributed by atoms with Crippen LogP contribution in [0.1, 0.15) is 25.7 Å². The van der Waals surface area contributed by atoms with Gasteiger partial charge in [-0.2, -0.15) is 0 Å². The highest BCUT2D eigenvalue weighted by molar-refractivity contribution is 7.99. The Balaban J connectivity index is 1.22. The fourth-order valence-corrected chi connectivity index (χ4v) is 5.47. The van der Waals surface area contributed by atoms with Crippen LogP contribution in [0.15, 0.2) is 11.2 Å². The number of rotatable bonds is 8. The van der Waals surface area contributed by atoms with Crippen molar-refractivity contribution in [3.05, 3.63) is 11.2 Å². The minimum atomic E-state index is -0.0441. The number of nitrogens with zero attached hydrogens (tertiary/aromatic N) is 5. The lowest BCUT2D eigenvalue weighted by Crippen LogP contribution is -2.50. The standard InChI is InChI=1S/C22H33ClN6O3S/c23-18-15-19(28-7-9-29(10-8-28)21(31)17-3-1-2-4-17)26-22(25-18)33-16-20(30)24-5-6-27-11-13-32-14-12-27/h15,17H,1-14,16H2,(H,24,30). The van der Waals surface area contributed by atoms with E-state index in [0.717, 1.165) is 64.6 Å². The van der Waals surface area contributed by atoms with Gasteiger partial charge in [0.2, 0.25) is 11.8 Å². The van der Waals surface area contributed by atoms with Gasteiger partial charge in [0.05, 0.1) is 19.0 Å².